The summed E-state index contributed by atoms with van der Waals surface area (Å²) in [6.45, 7) is -0.0764. The quantitative estimate of drug-likeness (QED) is 0.711. The summed E-state index contributed by atoms with van der Waals surface area (Å²) >= 11 is 0. The zero-order valence-electron chi connectivity index (χ0n) is 12.6. The number of ketones is 1. The number of carbonyl (C=O) groups is 2. The minimum absolute atomic E-state index is 0.0000191. The summed E-state index contributed by atoms with van der Waals surface area (Å²) in [5, 5.41) is 19.7. The Bertz CT molecular complexity index is 858. The molecule has 2 heterocycles. The Kier molecular flexibility index (Phi) is 3.19. The first-order valence-corrected chi connectivity index (χ1v) is 7.58. The molecule has 0 saturated heterocycles. The van der Waals surface area contributed by atoms with Crippen molar-refractivity contribution in [3.05, 3.63) is 58.6 Å². The first kappa shape index (κ1) is 14.6. The second kappa shape index (κ2) is 5.26. The SMILES string of the molecule is O=C1C=C2OC(=O)C3C(=C2CC1)C=C(O)COc1cc(O)ccc13. The molecule has 6 nitrogen and oxygen atoms in total. The van der Waals surface area contributed by atoms with E-state index in [1.54, 1.807) is 6.07 Å². The van der Waals surface area contributed by atoms with Crippen LogP contribution < -0.4 is 4.74 Å². The van der Waals surface area contributed by atoms with Gasteiger partial charge in [-0.25, -0.2) is 0 Å². The van der Waals surface area contributed by atoms with Gasteiger partial charge in [-0.05, 0) is 24.1 Å². The van der Waals surface area contributed by atoms with E-state index in [-0.39, 0.29) is 29.7 Å². The highest BCUT2D eigenvalue weighted by molar-refractivity contribution is 5.95. The van der Waals surface area contributed by atoms with Gasteiger partial charge in [0.25, 0.3) is 0 Å². The number of rotatable bonds is 0. The van der Waals surface area contributed by atoms with Crippen LogP contribution in [0.25, 0.3) is 0 Å². The molecular weight excluding hydrogens is 312 g/mol. The molecule has 2 N–H and O–H groups in total. The third kappa shape index (κ3) is 2.27. The van der Waals surface area contributed by atoms with E-state index in [2.05, 4.69) is 0 Å². The molecule has 3 aliphatic rings. The summed E-state index contributed by atoms with van der Waals surface area (Å²) in [4.78, 5) is 24.2. The number of phenols is 1. The summed E-state index contributed by atoms with van der Waals surface area (Å²) in [5.41, 5.74) is 1.91. The van der Waals surface area contributed by atoms with Crippen LogP contribution in [0.5, 0.6) is 11.5 Å². The maximum Gasteiger partial charge on any atom is 0.323 e. The molecule has 1 unspecified atom stereocenters. The van der Waals surface area contributed by atoms with E-state index in [0.717, 1.165) is 5.57 Å². The Morgan fingerprint density at radius 2 is 1.92 bits per heavy atom. The lowest BCUT2D eigenvalue weighted by molar-refractivity contribution is -0.141. The fourth-order valence-corrected chi connectivity index (χ4v) is 3.25. The Hall–Kier alpha value is -3.02. The molecule has 0 bridgehead atoms. The molecule has 2 aliphatic heterocycles. The summed E-state index contributed by atoms with van der Waals surface area (Å²) < 4.78 is 10.9. The molecule has 122 valence electrons. The molecule has 1 atom stereocenters. The van der Waals surface area contributed by atoms with Crippen LogP contribution in [0.15, 0.2) is 53.0 Å². The van der Waals surface area contributed by atoms with Gasteiger partial charge in [-0.2, -0.15) is 0 Å². The topological polar surface area (TPSA) is 93.1 Å². The normalized spacial score (nSPS) is 22.8. The average Bonchev–Trinajstić information content (AvgIpc) is 2.52. The third-order valence-electron chi connectivity index (χ3n) is 4.32. The summed E-state index contributed by atoms with van der Waals surface area (Å²) in [6, 6.07) is 4.48. The van der Waals surface area contributed by atoms with Gasteiger partial charge in [0.2, 0.25) is 0 Å². The minimum atomic E-state index is -0.775. The number of fused-ring (bicyclic) bond motifs is 4. The molecule has 0 aromatic heterocycles. The first-order valence-electron chi connectivity index (χ1n) is 7.58. The molecule has 0 spiro atoms. The number of carbonyl (C=O) groups excluding carboxylic acids is 2. The molecule has 4 rings (SSSR count). The molecule has 1 aliphatic carbocycles. The molecule has 0 radical (unpaired) electrons. The second-order valence-corrected chi connectivity index (χ2v) is 5.91. The van der Waals surface area contributed by atoms with E-state index < -0.39 is 11.9 Å². The maximum atomic E-state index is 12.6. The lowest BCUT2D eigenvalue weighted by Crippen LogP contribution is -2.28. The van der Waals surface area contributed by atoms with Crippen LogP contribution >= 0.6 is 0 Å². The van der Waals surface area contributed by atoms with Gasteiger partial charge < -0.3 is 19.7 Å². The number of aliphatic hydroxyl groups excluding tert-OH is 1. The van der Waals surface area contributed by atoms with Gasteiger partial charge in [0.15, 0.2) is 5.78 Å². The number of hydrogen-bond donors (Lipinski definition) is 2. The van der Waals surface area contributed by atoms with E-state index in [1.165, 1.54) is 24.3 Å². The van der Waals surface area contributed by atoms with Gasteiger partial charge in [-0.1, -0.05) is 6.07 Å². The first-order chi connectivity index (χ1) is 11.5. The number of phenolic OH excluding ortho intramolecular Hbond substituents is 1. The van der Waals surface area contributed by atoms with E-state index in [9.17, 15) is 19.8 Å². The number of ether oxygens (including phenoxy) is 2. The maximum absolute atomic E-state index is 12.6. The van der Waals surface area contributed by atoms with Crippen molar-refractivity contribution in [3.63, 3.8) is 0 Å². The lowest BCUT2D eigenvalue weighted by atomic mass is 9.81. The third-order valence-corrected chi connectivity index (χ3v) is 4.32. The number of aliphatic hydroxyl groups is 1. The Morgan fingerprint density at radius 1 is 1.08 bits per heavy atom. The van der Waals surface area contributed by atoms with Crippen molar-refractivity contribution >= 4 is 11.8 Å². The van der Waals surface area contributed by atoms with Gasteiger partial charge in [-0.3, -0.25) is 9.59 Å². The van der Waals surface area contributed by atoms with Crippen LogP contribution in [-0.2, 0) is 14.3 Å². The highest BCUT2D eigenvalue weighted by Gasteiger charge is 2.39. The monoisotopic (exact) mass is 326 g/mol. The number of benzene rings is 1. The van der Waals surface area contributed by atoms with Gasteiger partial charge >= 0.3 is 5.97 Å². The molecular formula is C18H14O6. The predicted octanol–water partition coefficient (Wildman–Crippen LogP) is 2.41. The standard InChI is InChI=1S/C18H14O6/c19-9-2-4-13-15(6-9)23-8-11(21)5-14-12-3-1-10(20)7-16(12)24-18(22)17(13)14/h2,4-7,17,19,21H,1,3,8H2. The molecule has 0 fully saturated rings. The van der Waals surface area contributed by atoms with Gasteiger partial charge in [0, 0.05) is 29.7 Å². The van der Waals surface area contributed by atoms with E-state index in [1.807, 2.05) is 0 Å². The largest absolute Gasteiger partial charge is 0.509 e. The fraction of sp³-hybridized carbons (Fsp3) is 0.222. The van der Waals surface area contributed by atoms with Crippen LogP contribution in [-0.4, -0.2) is 28.6 Å². The van der Waals surface area contributed by atoms with Crippen molar-refractivity contribution in [2.75, 3.05) is 6.61 Å². The fourth-order valence-electron chi connectivity index (χ4n) is 3.25. The summed E-state index contributed by atoms with van der Waals surface area (Å²) in [7, 11) is 0. The second-order valence-electron chi connectivity index (χ2n) is 5.91. The van der Waals surface area contributed by atoms with Crippen LogP contribution in [0.2, 0.25) is 0 Å². The van der Waals surface area contributed by atoms with Crippen LogP contribution in [0.4, 0.5) is 0 Å². The van der Waals surface area contributed by atoms with Gasteiger partial charge in [0.1, 0.15) is 35.5 Å². The van der Waals surface area contributed by atoms with E-state index in [0.29, 0.717) is 29.7 Å². The smallest absolute Gasteiger partial charge is 0.323 e. The van der Waals surface area contributed by atoms with Crippen molar-refractivity contribution in [2.24, 2.45) is 0 Å². The molecule has 1 aromatic carbocycles. The van der Waals surface area contributed by atoms with Crippen LogP contribution in [0, 0.1) is 0 Å². The number of allylic oxidation sites excluding steroid dienone is 3. The zero-order chi connectivity index (χ0) is 16.8. The summed E-state index contributed by atoms with van der Waals surface area (Å²) in [5.74, 6) is -0.877. The Labute approximate surface area is 137 Å². The summed E-state index contributed by atoms with van der Waals surface area (Å²) in [6.07, 6.45) is 3.62. The highest BCUT2D eigenvalue weighted by atomic mass is 16.5. The number of esters is 1. The average molecular weight is 326 g/mol. The molecule has 1 aromatic rings. The molecule has 24 heavy (non-hydrogen) atoms. The minimum Gasteiger partial charge on any atom is -0.509 e. The van der Waals surface area contributed by atoms with Gasteiger partial charge in [0.05, 0.1) is 0 Å². The van der Waals surface area contributed by atoms with Crippen molar-refractivity contribution in [2.45, 2.75) is 18.8 Å². The van der Waals surface area contributed by atoms with Crippen LogP contribution in [0.3, 0.4) is 0 Å². The van der Waals surface area contributed by atoms with Crippen molar-refractivity contribution in [3.8, 4) is 11.5 Å². The predicted molar refractivity (Wildman–Crippen MR) is 82.5 cm³/mol. The zero-order valence-corrected chi connectivity index (χ0v) is 12.6. The van der Waals surface area contributed by atoms with Crippen molar-refractivity contribution < 1.29 is 29.3 Å². The van der Waals surface area contributed by atoms with Gasteiger partial charge in [-0.15, -0.1) is 0 Å². The van der Waals surface area contributed by atoms with Crippen molar-refractivity contribution in [1.82, 2.24) is 0 Å². The molecule has 6 heteroatoms. The molecule has 0 amide bonds. The Balaban J connectivity index is 1.97. The Morgan fingerprint density at radius 3 is 2.75 bits per heavy atom. The highest BCUT2D eigenvalue weighted by Crippen LogP contribution is 2.45. The number of hydrogen-bond acceptors (Lipinski definition) is 6. The van der Waals surface area contributed by atoms with Crippen molar-refractivity contribution in [1.29, 1.82) is 0 Å². The van der Waals surface area contributed by atoms with Crippen LogP contribution in [0.1, 0.15) is 24.3 Å². The van der Waals surface area contributed by atoms with E-state index in [4.69, 9.17) is 9.47 Å². The molecule has 0 saturated carbocycles. The number of aromatic hydroxyl groups is 1. The van der Waals surface area contributed by atoms with E-state index >= 15 is 0 Å². The lowest BCUT2D eigenvalue weighted by Gasteiger charge is -2.31.